The minimum Gasteiger partial charge on any atom is -0.454 e. The van der Waals surface area contributed by atoms with Crippen LogP contribution in [0.3, 0.4) is 0 Å². The smallest absolute Gasteiger partial charge is 0.318 e. The van der Waals surface area contributed by atoms with Gasteiger partial charge in [0.25, 0.3) is 0 Å². The van der Waals surface area contributed by atoms with Crippen LogP contribution < -0.4 is 0 Å². The lowest BCUT2D eigenvalue weighted by Crippen LogP contribution is -2.38. The molecule has 0 amide bonds. The predicted molar refractivity (Wildman–Crippen MR) is 152 cm³/mol. The fourth-order valence-corrected chi connectivity index (χ4v) is 6.84. The van der Waals surface area contributed by atoms with Crippen LogP contribution in [0, 0.1) is 0 Å². The van der Waals surface area contributed by atoms with Gasteiger partial charge in [-0.25, -0.2) is 0 Å². The van der Waals surface area contributed by atoms with E-state index >= 15 is 0 Å². The van der Waals surface area contributed by atoms with E-state index in [9.17, 15) is 4.79 Å². The average molecular weight is 542 g/mol. The van der Waals surface area contributed by atoms with Crippen LogP contribution >= 0.6 is 15.9 Å². The van der Waals surface area contributed by atoms with Crippen LogP contribution in [0.5, 0.6) is 0 Å². The summed E-state index contributed by atoms with van der Waals surface area (Å²) in [5.74, 6) is 1.10. The van der Waals surface area contributed by atoms with Gasteiger partial charge in [0, 0.05) is 4.47 Å². The van der Waals surface area contributed by atoms with Crippen molar-refractivity contribution in [1.82, 2.24) is 0 Å². The van der Waals surface area contributed by atoms with Gasteiger partial charge in [-0.3, -0.25) is 4.79 Å². The molecule has 1 atom stereocenters. The zero-order chi connectivity index (χ0) is 26.6. The summed E-state index contributed by atoms with van der Waals surface area (Å²) in [6.45, 7) is 26.5. The van der Waals surface area contributed by atoms with E-state index in [1.54, 1.807) is 0 Å². The van der Waals surface area contributed by atoms with Gasteiger partial charge in [-0.1, -0.05) is 103 Å². The lowest BCUT2D eigenvalue weighted by Gasteiger charge is -2.41. The molecule has 0 spiro atoms. The number of rotatable bonds is 6. The SMILES string of the molecule is CC(C)c1cc(C(C)C)c(C2C(=O)OC(C)(C)c3cc(C(C)C)c(Br)c(C(C)C)c32)c(C(C)C)c1. The largest absolute Gasteiger partial charge is 0.454 e. The molecule has 1 unspecified atom stereocenters. The zero-order valence-electron chi connectivity index (χ0n) is 23.9. The molecular weight excluding hydrogens is 496 g/mol. The Morgan fingerprint density at radius 3 is 1.60 bits per heavy atom. The molecular formula is C32H45BrO2. The van der Waals surface area contributed by atoms with Crippen molar-refractivity contribution in [1.29, 1.82) is 0 Å². The third-order valence-corrected chi connectivity index (χ3v) is 8.45. The Morgan fingerprint density at radius 2 is 1.20 bits per heavy atom. The zero-order valence-corrected chi connectivity index (χ0v) is 25.5. The van der Waals surface area contributed by atoms with Crippen LogP contribution in [-0.2, 0) is 15.1 Å². The molecule has 1 aliphatic heterocycles. The Morgan fingerprint density at radius 1 is 0.714 bits per heavy atom. The molecule has 1 heterocycles. The maximum Gasteiger partial charge on any atom is 0.318 e. The van der Waals surface area contributed by atoms with Gasteiger partial charge >= 0.3 is 5.97 Å². The fourth-order valence-electron chi connectivity index (χ4n) is 5.60. The predicted octanol–water partition coefficient (Wildman–Crippen LogP) is 9.99. The Balaban J connectivity index is 2.54. The van der Waals surface area contributed by atoms with Crippen molar-refractivity contribution in [2.75, 3.05) is 0 Å². The van der Waals surface area contributed by atoms with Crippen LogP contribution in [0.15, 0.2) is 22.7 Å². The number of halogens is 1. The summed E-state index contributed by atoms with van der Waals surface area (Å²) >= 11 is 3.99. The van der Waals surface area contributed by atoms with Gasteiger partial charge in [-0.05, 0) is 87.9 Å². The summed E-state index contributed by atoms with van der Waals surface area (Å²) in [6, 6.07) is 6.98. The van der Waals surface area contributed by atoms with Crippen molar-refractivity contribution in [3.63, 3.8) is 0 Å². The molecule has 2 aromatic carbocycles. The molecule has 35 heavy (non-hydrogen) atoms. The summed E-state index contributed by atoms with van der Waals surface area (Å²) < 4.78 is 7.42. The molecule has 0 N–H and O–H groups in total. The van der Waals surface area contributed by atoms with Crippen LogP contribution in [-0.4, -0.2) is 5.97 Å². The van der Waals surface area contributed by atoms with Crippen molar-refractivity contribution in [2.45, 2.75) is 124 Å². The number of benzene rings is 2. The average Bonchev–Trinajstić information content (AvgIpc) is 2.71. The third kappa shape index (κ3) is 4.99. The number of ether oxygens (including phenoxy) is 1. The van der Waals surface area contributed by atoms with Crippen molar-refractivity contribution in [3.8, 4) is 0 Å². The van der Waals surface area contributed by atoms with Crippen LogP contribution in [0.1, 0.15) is 163 Å². The van der Waals surface area contributed by atoms with Gasteiger partial charge in [0.2, 0.25) is 0 Å². The van der Waals surface area contributed by atoms with Crippen molar-refractivity contribution >= 4 is 21.9 Å². The minimum atomic E-state index is -0.676. The van der Waals surface area contributed by atoms with Crippen molar-refractivity contribution in [3.05, 3.63) is 67.2 Å². The lowest BCUT2D eigenvalue weighted by molar-refractivity contribution is -0.161. The Kier molecular flexibility index (Phi) is 8.02. The van der Waals surface area contributed by atoms with Gasteiger partial charge in [0.15, 0.2) is 0 Å². The number of carbonyl (C=O) groups is 1. The van der Waals surface area contributed by atoms with E-state index in [-0.39, 0.29) is 11.9 Å². The summed E-state index contributed by atoms with van der Waals surface area (Å²) in [6.07, 6.45) is 0. The molecule has 3 heteroatoms. The van der Waals surface area contributed by atoms with E-state index in [1.165, 1.54) is 27.8 Å². The first-order valence-electron chi connectivity index (χ1n) is 13.4. The second-order valence-electron chi connectivity index (χ2n) is 12.4. The molecule has 1 aliphatic rings. The summed E-state index contributed by atoms with van der Waals surface area (Å²) in [4.78, 5) is 14.0. The van der Waals surface area contributed by atoms with E-state index < -0.39 is 11.5 Å². The Labute approximate surface area is 222 Å². The molecule has 2 nitrogen and oxygen atoms in total. The monoisotopic (exact) mass is 540 g/mol. The van der Waals surface area contributed by atoms with Crippen LogP contribution in [0.2, 0.25) is 0 Å². The van der Waals surface area contributed by atoms with E-state index in [4.69, 9.17) is 4.74 Å². The van der Waals surface area contributed by atoms with Crippen molar-refractivity contribution in [2.24, 2.45) is 0 Å². The molecule has 0 fully saturated rings. The Hall–Kier alpha value is -1.61. The summed E-state index contributed by atoms with van der Waals surface area (Å²) in [5.41, 5.74) is 9.19. The molecule has 0 saturated heterocycles. The number of cyclic esters (lactones) is 1. The number of hydrogen-bond acceptors (Lipinski definition) is 2. The third-order valence-electron chi connectivity index (χ3n) is 7.56. The summed E-state index contributed by atoms with van der Waals surface area (Å²) in [7, 11) is 0. The highest BCUT2D eigenvalue weighted by Gasteiger charge is 2.45. The number of carbonyl (C=O) groups excluding carboxylic acids is 1. The van der Waals surface area contributed by atoms with E-state index in [0.717, 1.165) is 21.2 Å². The minimum absolute atomic E-state index is 0.130. The highest BCUT2D eigenvalue weighted by Crippen LogP contribution is 2.51. The molecule has 0 aromatic heterocycles. The standard InChI is InChI=1S/C32H45BrO2/c1-16(2)21-13-22(17(3)4)27(23(14-21)18(5)6)29-28-25(32(11,12)35-31(29)34)15-24(19(7)8)30(33)26(28)20(9)10/h13-20,29H,1-12H3. The fraction of sp³-hybridized carbons (Fsp3) is 0.594. The quantitative estimate of drug-likeness (QED) is 0.340. The molecule has 3 rings (SSSR count). The number of hydrogen-bond donors (Lipinski definition) is 0. The molecule has 192 valence electrons. The molecule has 0 radical (unpaired) electrons. The van der Waals surface area contributed by atoms with E-state index in [2.05, 4.69) is 103 Å². The van der Waals surface area contributed by atoms with Gasteiger partial charge in [-0.2, -0.15) is 0 Å². The van der Waals surface area contributed by atoms with Crippen LogP contribution in [0.4, 0.5) is 0 Å². The molecule has 0 bridgehead atoms. The van der Waals surface area contributed by atoms with E-state index in [0.29, 0.717) is 23.7 Å². The normalized spacial score (nSPS) is 17.7. The second kappa shape index (κ2) is 10.0. The molecule has 0 aliphatic carbocycles. The molecule has 2 aromatic rings. The summed E-state index contributed by atoms with van der Waals surface area (Å²) in [5, 5.41) is 0. The van der Waals surface area contributed by atoms with Crippen molar-refractivity contribution < 1.29 is 9.53 Å². The topological polar surface area (TPSA) is 26.3 Å². The molecule has 0 saturated carbocycles. The maximum absolute atomic E-state index is 14.0. The highest BCUT2D eigenvalue weighted by molar-refractivity contribution is 9.10. The highest BCUT2D eigenvalue weighted by atomic mass is 79.9. The van der Waals surface area contributed by atoms with Gasteiger partial charge in [0.05, 0.1) is 0 Å². The van der Waals surface area contributed by atoms with Crippen LogP contribution in [0.25, 0.3) is 0 Å². The number of esters is 1. The van der Waals surface area contributed by atoms with Gasteiger partial charge < -0.3 is 4.74 Å². The van der Waals surface area contributed by atoms with Gasteiger partial charge in [0.1, 0.15) is 11.5 Å². The first-order valence-corrected chi connectivity index (χ1v) is 14.2. The van der Waals surface area contributed by atoms with E-state index in [1.807, 2.05) is 13.8 Å². The first kappa shape index (κ1) is 28.0. The number of fused-ring (bicyclic) bond motifs is 1. The second-order valence-corrected chi connectivity index (χ2v) is 13.2. The van der Waals surface area contributed by atoms with Gasteiger partial charge in [-0.15, -0.1) is 0 Å². The maximum atomic E-state index is 14.0. The first-order chi connectivity index (χ1) is 16.1. The Bertz CT molecular complexity index is 1090. The lowest BCUT2D eigenvalue weighted by atomic mass is 9.70.